The molecule has 1 aromatic heterocycles. The van der Waals surface area contributed by atoms with Gasteiger partial charge in [0.2, 0.25) is 0 Å². The van der Waals surface area contributed by atoms with Crippen molar-refractivity contribution in [3.8, 4) is 11.3 Å². The van der Waals surface area contributed by atoms with Gasteiger partial charge in [-0.3, -0.25) is 4.79 Å². The molecule has 0 amide bonds. The number of carboxylic acid groups (broad SMARTS) is 1. The van der Waals surface area contributed by atoms with Crippen molar-refractivity contribution in [1.82, 2.24) is 4.98 Å². The summed E-state index contributed by atoms with van der Waals surface area (Å²) in [6, 6.07) is 9.05. The Morgan fingerprint density at radius 1 is 1.19 bits per heavy atom. The number of rotatable bonds is 4. The summed E-state index contributed by atoms with van der Waals surface area (Å²) in [6.07, 6.45) is -1.91. The molecule has 1 aromatic carbocycles. The fraction of sp³-hybridized carbons (Fsp3) is 0.400. The summed E-state index contributed by atoms with van der Waals surface area (Å²) in [5.74, 6) is -0.929. The highest BCUT2D eigenvalue weighted by Gasteiger charge is 2.35. The Bertz CT molecular complexity index is 836. The van der Waals surface area contributed by atoms with Crippen molar-refractivity contribution in [1.29, 1.82) is 0 Å². The van der Waals surface area contributed by atoms with E-state index in [4.69, 9.17) is 0 Å². The van der Waals surface area contributed by atoms with Crippen LogP contribution >= 0.6 is 0 Å². The number of anilines is 1. The number of carbonyl (C=O) groups is 1. The van der Waals surface area contributed by atoms with E-state index < -0.39 is 23.6 Å². The van der Waals surface area contributed by atoms with Crippen LogP contribution in [0.2, 0.25) is 0 Å². The van der Waals surface area contributed by atoms with E-state index in [1.165, 1.54) is 6.07 Å². The number of halogens is 3. The normalized spacial score (nSPS) is 20.3. The first-order valence-electron chi connectivity index (χ1n) is 8.89. The molecule has 1 aliphatic carbocycles. The van der Waals surface area contributed by atoms with Crippen molar-refractivity contribution < 1.29 is 23.1 Å². The van der Waals surface area contributed by atoms with Crippen LogP contribution in [-0.4, -0.2) is 22.1 Å². The molecule has 0 saturated heterocycles. The zero-order valence-electron chi connectivity index (χ0n) is 14.9. The van der Waals surface area contributed by atoms with Crippen LogP contribution in [0.4, 0.5) is 19.0 Å². The fourth-order valence-corrected chi connectivity index (χ4v) is 3.57. The van der Waals surface area contributed by atoms with Gasteiger partial charge < -0.3 is 10.4 Å². The molecular formula is C20H21F3N2O2. The maximum atomic E-state index is 13.5. The number of aryl methyl sites for hydroxylation is 1. The number of carboxylic acids is 1. The van der Waals surface area contributed by atoms with Gasteiger partial charge in [-0.25, -0.2) is 4.98 Å². The van der Waals surface area contributed by atoms with Crippen molar-refractivity contribution in [2.75, 3.05) is 5.32 Å². The largest absolute Gasteiger partial charge is 0.481 e. The van der Waals surface area contributed by atoms with Gasteiger partial charge in [0.1, 0.15) is 5.82 Å². The van der Waals surface area contributed by atoms with E-state index in [0.29, 0.717) is 29.8 Å². The number of nitrogens with zero attached hydrogens (tertiary/aromatic N) is 1. The van der Waals surface area contributed by atoms with Crippen LogP contribution < -0.4 is 5.32 Å². The Morgan fingerprint density at radius 3 is 2.59 bits per heavy atom. The first kappa shape index (κ1) is 19.2. The zero-order valence-corrected chi connectivity index (χ0v) is 14.9. The van der Waals surface area contributed by atoms with Gasteiger partial charge in [0.05, 0.1) is 17.2 Å². The molecule has 2 atom stereocenters. The lowest BCUT2D eigenvalue weighted by Crippen LogP contribution is -2.31. The average Bonchev–Trinajstić information content (AvgIpc) is 2.61. The number of pyridine rings is 1. The Balaban J connectivity index is 1.93. The van der Waals surface area contributed by atoms with E-state index in [-0.39, 0.29) is 11.7 Å². The van der Waals surface area contributed by atoms with Crippen LogP contribution in [0, 0.1) is 12.8 Å². The summed E-state index contributed by atoms with van der Waals surface area (Å²) in [5.41, 5.74) is 0.238. The maximum Gasteiger partial charge on any atom is 0.418 e. The van der Waals surface area contributed by atoms with Gasteiger partial charge in [-0.2, -0.15) is 13.2 Å². The summed E-state index contributed by atoms with van der Waals surface area (Å²) < 4.78 is 40.4. The predicted octanol–water partition coefficient (Wildman–Crippen LogP) is 5.13. The standard InChI is InChI=1S/C20H21F3N2O2/c1-12-5-2-3-8-15(12)18-16(20(21,22)23)9-10-17(25-18)24-14-7-4-6-13(11-14)19(26)27/h2-3,5,8-10,13-14H,4,6-7,11H2,1H3,(H,24,25)(H,26,27). The highest BCUT2D eigenvalue weighted by atomic mass is 19.4. The Kier molecular flexibility index (Phi) is 5.39. The minimum absolute atomic E-state index is 0.115. The molecule has 7 heteroatoms. The molecule has 0 radical (unpaired) electrons. The van der Waals surface area contributed by atoms with Crippen LogP contribution in [0.1, 0.15) is 36.8 Å². The molecule has 3 rings (SSSR count). The van der Waals surface area contributed by atoms with Gasteiger partial charge in [-0.1, -0.05) is 30.7 Å². The molecule has 2 unspecified atom stereocenters. The predicted molar refractivity (Wildman–Crippen MR) is 96.4 cm³/mol. The molecule has 4 nitrogen and oxygen atoms in total. The van der Waals surface area contributed by atoms with E-state index in [1.54, 1.807) is 31.2 Å². The van der Waals surface area contributed by atoms with Gasteiger partial charge in [0.25, 0.3) is 0 Å². The van der Waals surface area contributed by atoms with Gasteiger partial charge >= 0.3 is 12.1 Å². The quantitative estimate of drug-likeness (QED) is 0.774. The third kappa shape index (κ3) is 4.40. The van der Waals surface area contributed by atoms with Gasteiger partial charge in [0, 0.05) is 11.6 Å². The van der Waals surface area contributed by atoms with E-state index in [9.17, 15) is 23.1 Å². The molecule has 1 saturated carbocycles. The van der Waals surface area contributed by atoms with Crippen molar-refractivity contribution in [2.45, 2.75) is 44.8 Å². The number of hydrogen-bond acceptors (Lipinski definition) is 3. The summed E-state index contributed by atoms with van der Waals surface area (Å²) in [7, 11) is 0. The second kappa shape index (κ2) is 7.58. The topological polar surface area (TPSA) is 62.2 Å². The SMILES string of the molecule is Cc1ccccc1-c1nc(NC2CCCC(C(=O)O)C2)ccc1C(F)(F)F. The Labute approximate surface area is 155 Å². The molecule has 2 N–H and O–H groups in total. The number of alkyl halides is 3. The van der Waals surface area contributed by atoms with Crippen LogP contribution in [0.15, 0.2) is 36.4 Å². The van der Waals surface area contributed by atoms with Gasteiger partial charge in [-0.05, 0) is 43.9 Å². The summed E-state index contributed by atoms with van der Waals surface area (Å²) in [5, 5.41) is 12.3. The molecule has 0 bridgehead atoms. The minimum atomic E-state index is -4.51. The van der Waals surface area contributed by atoms with E-state index in [1.807, 2.05) is 0 Å². The molecule has 0 aliphatic heterocycles. The first-order chi connectivity index (χ1) is 12.8. The maximum absolute atomic E-state index is 13.5. The molecule has 0 spiro atoms. The van der Waals surface area contributed by atoms with Crippen molar-refractivity contribution >= 4 is 11.8 Å². The third-order valence-electron chi connectivity index (χ3n) is 4.98. The van der Waals surface area contributed by atoms with Gasteiger partial charge in [0.15, 0.2) is 0 Å². The van der Waals surface area contributed by atoms with E-state index in [2.05, 4.69) is 10.3 Å². The Morgan fingerprint density at radius 2 is 1.93 bits per heavy atom. The number of benzene rings is 1. The molecule has 2 aromatic rings. The van der Waals surface area contributed by atoms with Gasteiger partial charge in [-0.15, -0.1) is 0 Å². The van der Waals surface area contributed by atoms with E-state index in [0.717, 1.165) is 18.9 Å². The molecule has 144 valence electrons. The summed E-state index contributed by atoms with van der Waals surface area (Å²) >= 11 is 0. The molecule has 1 heterocycles. The number of nitrogens with one attached hydrogen (secondary N) is 1. The Hall–Kier alpha value is -2.57. The second-order valence-corrected chi connectivity index (χ2v) is 6.95. The summed E-state index contributed by atoms with van der Waals surface area (Å²) in [4.78, 5) is 15.5. The number of hydrogen-bond donors (Lipinski definition) is 2. The highest BCUT2D eigenvalue weighted by molar-refractivity contribution is 5.71. The molecule has 1 fully saturated rings. The highest BCUT2D eigenvalue weighted by Crippen LogP contribution is 2.38. The van der Waals surface area contributed by atoms with Crippen molar-refractivity contribution in [3.05, 3.63) is 47.5 Å². The van der Waals surface area contributed by atoms with Crippen LogP contribution in [-0.2, 0) is 11.0 Å². The number of aromatic nitrogens is 1. The monoisotopic (exact) mass is 378 g/mol. The minimum Gasteiger partial charge on any atom is -0.481 e. The van der Waals surface area contributed by atoms with E-state index >= 15 is 0 Å². The van der Waals surface area contributed by atoms with Crippen molar-refractivity contribution in [3.63, 3.8) is 0 Å². The molecule has 27 heavy (non-hydrogen) atoms. The van der Waals surface area contributed by atoms with Crippen LogP contribution in [0.3, 0.4) is 0 Å². The average molecular weight is 378 g/mol. The van der Waals surface area contributed by atoms with Crippen LogP contribution in [0.5, 0.6) is 0 Å². The van der Waals surface area contributed by atoms with Crippen LogP contribution in [0.25, 0.3) is 11.3 Å². The molecule has 1 aliphatic rings. The molecular weight excluding hydrogens is 357 g/mol. The summed E-state index contributed by atoms with van der Waals surface area (Å²) in [6.45, 7) is 1.75. The lowest BCUT2D eigenvalue weighted by molar-refractivity contribution is -0.143. The smallest absolute Gasteiger partial charge is 0.418 e. The number of aliphatic carboxylic acids is 1. The third-order valence-corrected chi connectivity index (χ3v) is 4.98. The lowest BCUT2D eigenvalue weighted by atomic mass is 9.86. The first-order valence-corrected chi connectivity index (χ1v) is 8.89. The second-order valence-electron chi connectivity index (χ2n) is 6.95. The fourth-order valence-electron chi connectivity index (χ4n) is 3.57. The lowest BCUT2D eigenvalue weighted by Gasteiger charge is -2.28. The zero-order chi connectivity index (χ0) is 19.6. The van der Waals surface area contributed by atoms with Crippen molar-refractivity contribution in [2.24, 2.45) is 5.92 Å².